The van der Waals surface area contributed by atoms with Gasteiger partial charge in [-0.05, 0) is 18.2 Å². The second-order valence-corrected chi connectivity index (χ2v) is 5.45. The Morgan fingerprint density at radius 2 is 1.93 bits per heavy atom. The van der Waals surface area contributed by atoms with Crippen LogP contribution in [0, 0.1) is 21.4 Å². The van der Waals surface area contributed by atoms with Gasteiger partial charge in [-0.15, -0.1) is 0 Å². The first-order valence-corrected chi connectivity index (χ1v) is 7.84. The van der Waals surface area contributed by atoms with Gasteiger partial charge in [0.1, 0.15) is 17.4 Å². The van der Waals surface area contributed by atoms with Crippen LogP contribution in [0.25, 0.3) is 0 Å². The quantitative estimate of drug-likeness (QED) is 0.323. The van der Waals surface area contributed by atoms with E-state index >= 15 is 0 Å². The molecule has 0 radical (unpaired) electrons. The van der Waals surface area contributed by atoms with Crippen LogP contribution in [-0.2, 0) is 11.0 Å². The lowest BCUT2D eigenvalue weighted by Gasteiger charge is -2.13. The molecule has 0 saturated heterocycles. The first-order chi connectivity index (χ1) is 13.7. The molecule has 0 heterocycles. The van der Waals surface area contributed by atoms with Crippen LogP contribution in [0.3, 0.4) is 0 Å². The molecule has 0 aromatic heterocycles. The molecular formula is C18H13F3N4O4. The number of anilines is 2. The minimum Gasteiger partial charge on any atom is -0.494 e. The predicted molar refractivity (Wildman–Crippen MR) is 97.0 cm³/mol. The Morgan fingerprint density at radius 3 is 2.52 bits per heavy atom. The minimum absolute atomic E-state index is 0.0653. The number of nitro groups is 1. The smallest absolute Gasteiger partial charge is 0.418 e. The Balaban J connectivity index is 2.25. The number of carbonyl (C=O) groups is 1. The number of carbonyl (C=O) groups excluding carboxylic acids is 1. The highest BCUT2D eigenvalue weighted by Gasteiger charge is 2.33. The van der Waals surface area contributed by atoms with Gasteiger partial charge in [-0.3, -0.25) is 14.9 Å². The SMILES string of the molecule is COc1cc([N+](=O)[O-])ccc1N/C=C(/C#N)C(=O)Nc1ccccc1C(F)(F)F. The molecule has 0 fully saturated rings. The van der Waals surface area contributed by atoms with Gasteiger partial charge < -0.3 is 15.4 Å². The number of hydrogen-bond acceptors (Lipinski definition) is 6. The lowest BCUT2D eigenvalue weighted by atomic mass is 10.1. The summed E-state index contributed by atoms with van der Waals surface area (Å²) < 4.78 is 44.1. The van der Waals surface area contributed by atoms with E-state index in [4.69, 9.17) is 10.00 Å². The van der Waals surface area contributed by atoms with Crippen molar-refractivity contribution < 1.29 is 27.6 Å². The molecule has 2 N–H and O–H groups in total. The second kappa shape index (κ2) is 8.75. The van der Waals surface area contributed by atoms with E-state index < -0.39 is 33.8 Å². The molecule has 2 rings (SSSR count). The molecule has 0 saturated carbocycles. The summed E-state index contributed by atoms with van der Waals surface area (Å²) in [7, 11) is 1.26. The van der Waals surface area contributed by atoms with Gasteiger partial charge >= 0.3 is 6.18 Å². The highest BCUT2D eigenvalue weighted by molar-refractivity contribution is 6.07. The standard InChI is InChI=1S/C18H13F3N4O4/c1-29-16-8-12(25(27)28)6-7-15(16)23-10-11(9-22)17(26)24-14-5-3-2-4-13(14)18(19,20)21/h2-8,10,23H,1H3,(H,24,26)/b11-10-. The highest BCUT2D eigenvalue weighted by Crippen LogP contribution is 2.34. The Hall–Kier alpha value is -4.07. The van der Waals surface area contributed by atoms with E-state index in [9.17, 15) is 28.1 Å². The van der Waals surface area contributed by atoms with Gasteiger partial charge in [0.05, 0.1) is 35.0 Å². The molecule has 0 atom stereocenters. The largest absolute Gasteiger partial charge is 0.494 e. The number of halogens is 3. The lowest BCUT2D eigenvalue weighted by molar-refractivity contribution is -0.384. The first-order valence-electron chi connectivity index (χ1n) is 7.84. The van der Waals surface area contributed by atoms with Crippen LogP contribution in [-0.4, -0.2) is 17.9 Å². The van der Waals surface area contributed by atoms with E-state index in [0.29, 0.717) is 0 Å². The Kier molecular flexibility index (Phi) is 6.40. The minimum atomic E-state index is -4.69. The van der Waals surface area contributed by atoms with E-state index in [1.165, 1.54) is 31.4 Å². The average molecular weight is 406 g/mol. The van der Waals surface area contributed by atoms with E-state index in [0.717, 1.165) is 24.4 Å². The Labute approximate surface area is 162 Å². The van der Waals surface area contributed by atoms with Gasteiger partial charge in [-0.25, -0.2) is 0 Å². The summed E-state index contributed by atoms with van der Waals surface area (Å²) >= 11 is 0. The van der Waals surface area contributed by atoms with Gasteiger partial charge in [0.25, 0.3) is 11.6 Å². The van der Waals surface area contributed by atoms with Crippen molar-refractivity contribution >= 4 is 23.0 Å². The van der Waals surface area contributed by atoms with Crippen molar-refractivity contribution in [2.24, 2.45) is 0 Å². The van der Waals surface area contributed by atoms with Crippen LogP contribution in [0.15, 0.2) is 54.2 Å². The molecular weight excluding hydrogens is 393 g/mol. The summed E-state index contributed by atoms with van der Waals surface area (Å²) in [6, 6.07) is 9.49. The van der Waals surface area contributed by atoms with Crippen molar-refractivity contribution in [1.82, 2.24) is 0 Å². The topological polar surface area (TPSA) is 117 Å². The number of nitrogens with one attached hydrogen (secondary N) is 2. The number of amides is 1. The van der Waals surface area contributed by atoms with Crippen molar-refractivity contribution in [2.45, 2.75) is 6.18 Å². The number of nitrogens with zero attached hydrogens (tertiary/aromatic N) is 2. The summed E-state index contributed by atoms with van der Waals surface area (Å²) in [5.74, 6) is -1.01. The monoisotopic (exact) mass is 406 g/mol. The number of nitriles is 1. The van der Waals surface area contributed by atoms with Crippen molar-refractivity contribution in [3.8, 4) is 11.8 Å². The molecule has 0 aliphatic heterocycles. The van der Waals surface area contributed by atoms with Gasteiger partial charge in [-0.2, -0.15) is 18.4 Å². The van der Waals surface area contributed by atoms with Crippen LogP contribution in [0.1, 0.15) is 5.56 Å². The zero-order chi connectivity index (χ0) is 21.6. The zero-order valence-electron chi connectivity index (χ0n) is 14.8. The number of methoxy groups -OCH3 is 1. The Morgan fingerprint density at radius 1 is 1.24 bits per heavy atom. The normalized spacial score (nSPS) is 11.3. The third-order valence-corrected chi connectivity index (χ3v) is 3.61. The number of hydrogen-bond donors (Lipinski definition) is 2. The second-order valence-electron chi connectivity index (χ2n) is 5.45. The van der Waals surface area contributed by atoms with Crippen LogP contribution in [0.4, 0.5) is 30.2 Å². The number of rotatable bonds is 6. The van der Waals surface area contributed by atoms with Crippen LogP contribution in [0.2, 0.25) is 0 Å². The van der Waals surface area contributed by atoms with Gasteiger partial charge in [-0.1, -0.05) is 12.1 Å². The highest BCUT2D eigenvalue weighted by atomic mass is 19.4. The number of para-hydroxylation sites is 1. The maximum Gasteiger partial charge on any atom is 0.418 e. The fourth-order valence-corrected chi connectivity index (χ4v) is 2.24. The predicted octanol–water partition coefficient (Wildman–Crippen LogP) is 4.08. The van der Waals surface area contributed by atoms with Gasteiger partial charge in [0.15, 0.2) is 0 Å². The van der Waals surface area contributed by atoms with Gasteiger partial charge in [0.2, 0.25) is 0 Å². The number of ether oxygens (including phenoxy) is 1. The molecule has 0 aliphatic rings. The summed E-state index contributed by atoms with van der Waals surface area (Å²) in [5, 5.41) is 24.6. The summed E-state index contributed by atoms with van der Waals surface area (Å²) in [6.45, 7) is 0. The molecule has 2 aromatic rings. The van der Waals surface area contributed by atoms with Crippen molar-refractivity contribution in [3.05, 3.63) is 69.9 Å². The van der Waals surface area contributed by atoms with Crippen LogP contribution < -0.4 is 15.4 Å². The van der Waals surface area contributed by atoms with E-state index in [1.54, 1.807) is 6.07 Å². The summed E-state index contributed by atoms with van der Waals surface area (Å²) in [4.78, 5) is 22.4. The maximum atomic E-state index is 13.0. The van der Waals surface area contributed by atoms with Gasteiger partial charge in [0, 0.05) is 12.3 Å². The van der Waals surface area contributed by atoms with Crippen LogP contribution in [0.5, 0.6) is 5.75 Å². The molecule has 8 nitrogen and oxygen atoms in total. The van der Waals surface area contributed by atoms with Crippen molar-refractivity contribution in [2.75, 3.05) is 17.7 Å². The molecule has 0 unspecified atom stereocenters. The van der Waals surface area contributed by atoms with E-state index in [1.807, 2.05) is 5.32 Å². The van der Waals surface area contributed by atoms with Crippen LogP contribution >= 0.6 is 0 Å². The molecule has 0 spiro atoms. The van der Waals surface area contributed by atoms with E-state index in [-0.39, 0.29) is 17.1 Å². The number of nitro benzene ring substituents is 1. The molecule has 150 valence electrons. The fraction of sp³-hybridized carbons (Fsp3) is 0.111. The molecule has 1 amide bonds. The molecule has 2 aromatic carbocycles. The summed E-state index contributed by atoms with van der Waals surface area (Å²) in [5.41, 5.74) is -2.12. The number of non-ortho nitro benzene ring substituents is 1. The molecule has 29 heavy (non-hydrogen) atoms. The zero-order valence-corrected chi connectivity index (χ0v) is 14.8. The number of benzene rings is 2. The molecule has 0 bridgehead atoms. The third kappa shape index (κ3) is 5.23. The average Bonchev–Trinajstić information content (AvgIpc) is 2.67. The van der Waals surface area contributed by atoms with Crippen molar-refractivity contribution in [3.63, 3.8) is 0 Å². The fourth-order valence-electron chi connectivity index (χ4n) is 2.24. The summed E-state index contributed by atoms with van der Waals surface area (Å²) in [6.07, 6.45) is -3.74. The number of alkyl halides is 3. The maximum absolute atomic E-state index is 13.0. The Bertz CT molecular complexity index is 1010. The molecule has 0 aliphatic carbocycles. The lowest BCUT2D eigenvalue weighted by Crippen LogP contribution is -2.18. The van der Waals surface area contributed by atoms with E-state index in [2.05, 4.69) is 5.32 Å². The third-order valence-electron chi connectivity index (χ3n) is 3.61. The first kappa shape index (κ1) is 21.2. The molecule has 11 heteroatoms. The van der Waals surface area contributed by atoms with Crippen molar-refractivity contribution in [1.29, 1.82) is 5.26 Å².